The van der Waals surface area contributed by atoms with E-state index in [4.69, 9.17) is 0 Å². The molecule has 0 aliphatic carbocycles. The zero-order valence-electron chi connectivity index (χ0n) is 16.8. The van der Waals surface area contributed by atoms with Crippen molar-refractivity contribution < 1.29 is 8.42 Å². The lowest BCUT2D eigenvalue weighted by Crippen LogP contribution is -2.31. The van der Waals surface area contributed by atoms with E-state index in [0.717, 1.165) is 21.9 Å². The van der Waals surface area contributed by atoms with Crippen LogP contribution in [0.2, 0.25) is 0 Å². The van der Waals surface area contributed by atoms with Crippen LogP contribution in [0, 0.1) is 6.92 Å². The molecule has 0 heterocycles. The average molecular weight is 414 g/mol. The maximum Gasteiger partial charge on any atom is 0.264 e. The Hall–Kier alpha value is -3.37. The summed E-state index contributed by atoms with van der Waals surface area (Å²) >= 11 is 0. The minimum absolute atomic E-state index is 0.243. The van der Waals surface area contributed by atoms with Crippen molar-refractivity contribution in [2.24, 2.45) is 0 Å². The molecule has 4 heteroatoms. The highest BCUT2D eigenvalue weighted by Gasteiger charge is 2.24. The van der Waals surface area contributed by atoms with E-state index in [1.54, 1.807) is 12.1 Å². The molecule has 30 heavy (non-hydrogen) atoms. The highest BCUT2D eigenvalue weighted by atomic mass is 32.2. The fraction of sp³-hybridized carbons (Fsp3) is 0.0769. The SMILES string of the molecule is Cc1ccc(N(C/C=C/c2ccccc2)S(=O)(=O)c2ccc3ccccc3c2)cc1. The molecule has 0 saturated heterocycles. The van der Waals surface area contributed by atoms with Crippen molar-refractivity contribution in [2.75, 3.05) is 10.8 Å². The number of benzene rings is 4. The summed E-state index contributed by atoms with van der Waals surface area (Å²) in [6, 6.07) is 30.5. The van der Waals surface area contributed by atoms with Gasteiger partial charge in [0.1, 0.15) is 0 Å². The molecule has 4 rings (SSSR count). The third-order valence-corrected chi connectivity index (χ3v) is 6.80. The minimum atomic E-state index is -3.73. The Morgan fingerprint density at radius 1 is 0.767 bits per heavy atom. The van der Waals surface area contributed by atoms with Gasteiger partial charge in [0.2, 0.25) is 0 Å². The quantitative estimate of drug-likeness (QED) is 0.385. The summed E-state index contributed by atoms with van der Waals surface area (Å²) in [6.45, 7) is 2.23. The highest BCUT2D eigenvalue weighted by Crippen LogP contribution is 2.26. The molecule has 0 aliphatic rings. The van der Waals surface area contributed by atoms with Crippen molar-refractivity contribution in [1.82, 2.24) is 0 Å². The summed E-state index contributed by atoms with van der Waals surface area (Å²) < 4.78 is 28.6. The first kappa shape index (κ1) is 19.9. The topological polar surface area (TPSA) is 37.4 Å². The van der Waals surface area contributed by atoms with Gasteiger partial charge in [-0.1, -0.05) is 90.5 Å². The molecule has 0 bridgehead atoms. The van der Waals surface area contributed by atoms with Crippen LogP contribution in [0.1, 0.15) is 11.1 Å². The summed E-state index contributed by atoms with van der Waals surface area (Å²) in [5.74, 6) is 0. The average Bonchev–Trinajstić information content (AvgIpc) is 2.78. The second kappa shape index (κ2) is 8.56. The number of nitrogens with zero attached hydrogens (tertiary/aromatic N) is 1. The van der Waals surface area contributed by atoms with E-state index in [1.807, 2.05) is 104 Å². The lowest BCUT2D eigenvalue weighted by molar-refractivity contribution is 0.593. The van der Waals surface area contributed by atoms with Crippen molar-refractivity contribution in [3.63, 3.8) is 0 Å². The second-order valence-electron chi connectivity index (χ2n) is 7.19. The van der Waals surface area contributed by atoms with E-state index in [1.165, 1.54) is 4.31 Å². The van der Waals surface area contributed by atoms with Gasteiger partial charge < -0.3 is 0 Å². The number of hydrogen-bond donors (Lipinski definition) is 0. The standard InChI is InChI=1S/C26H23NO2S/c1-21-13-16-25(17-14-21)27(19-7-10-22-8-3-2-4-9-22)30(28,29)26-18-15-23-11-5-6-12-24(23)20-26/h2-18,20H,19H2,1H3/b10-7+. The van der Waals surface area contributed by atoms with Gasteiger partial charge in [0, 0.05) is 0 Å². The highest BCUT2D eigenvalue weighted by molar-refractivity contribution is 7.92. The third kappa shape index (κ3) is 4.29. The van der Waals surface area contributed by atoms with E-state index >= 15 is 0 Å². The molecule has 0 radical (unpaired) electrons. The maximum absolute atomic E-state index is 13.6. The molecule has 0 unspecified atom stereocenters. The van der Waals surface area contributed by atoms with Crippen LogP contribution in [0.15, 0.2) is 108 Å². The number of rotatable bonds is 6. The molecule has 150 valence electrons. The number of anilines is 1. The number of fused-ring (bicyclic) bond motifs is 1. The predicted molar refractivity (Wildman–Crippen MR) is 125 cm³/mol. The molecule has 0 amide bonds. The van der Waals surface area contributed by atoms with Gasteiger partial charge in [0.15, 0.2) is 0 Å². The largest absolute Gasteiger partial charge is 0.264 e. The maximum atomic E-state index is 13.6. The Bertz CT molecular complexity index is 1280. The smallest absolute Gasteiger partial charge is 0.263 e. The van der Waals surface area contributed by atoms with Gasteiger partial charge >= 0.3 is 0 Å². The fourth-order valence-electron chi connectivity index (χ4n) is 3.36. The van der Waals surface area contributed by atoms with Crippen LogP contribution in [0.25, 0.3) is 16.8 Å². The van der Waals surface area contributed by atoms with Crippen LogP contribution in [-0.4, -0.2) is 15.0 Å². The van der Waals surface area contributed by atoms with Crippen molar-refractivity contribution in [3.05, 3.63) is 114 Å². The van der Waals surface area contributed by atoms with E-state index < -0.39 is 10.0 Å². The minimum Gasteiger partial charge on any atom is -0.263 e. The van der Waals surface area contributed by atoms with Gasteiger partial charge in [-0.05, 0) is 47.5 Å². The lowest BCUT2D eigenvalue weighted by atomic mass is 10.1. The molecule has 0 fully saturated rings. The Kier molecular flexibility index (Phi) is 5.68. The molecule has 0 spiro atoms. The molecule has 0 aliphatic heterocycles. The monoisotopic (exact) mass is 413 g/mol. The van der Waals surface area contributed by atoms with Crippen molar-refractivity contribution in [2.45, 2.75) is 11.8 Å². The predicted octanol–water partition coefficient (Wildman–Crippen LogP) is 6.06. The first-order valence-electron chi connectivity index (χ1n) is 9.84. The van der Waals surface area contributed by atoms with Gasteiger partial charge in [-0.3, -0.25) is 4.31 Å². The molecule has 0 saturated carbocycles. The number of hydrogen-bond acceptors (Lipinski definition) is 2. The van der Waals surface area contributed by atoms with Crippen molar-refractivity contribution in [1.29, 1.82) is 0 Å². The summed E-state index contributed by atoms with van der Waals surface area (Å²) in [5.41, 5.74) is 2.76. The second-order valence-corrected chi connectivity index (χ2v) is 9.06. The molecular formula is C26H23NO2S. The Balaban J connectivity index is 1.73. The number of sulfonamides is 1. The Morgan fingerprint density at radius 2 is 1.43 bits per heavy atom. The summed E-state index contributed by atoms with van der Waals surface area (Å²) in [6.07, 6.45) is 3.82. The van der Waals surface area contributed by atoms with Crippen molar-refractivity contribution in [3.8, 4) is 0 Å². The van der Waals surface area contributed by atoms with Crippen LogP contribution < -0.4 is 4.31 Å². The molecule has 4 aromatic rings. The molecule has 4 aromatic carbocycles. The number of aryl methyl sites for hydroxylation is 1. The molecule has 0 aromatic heterocycles. The normalized spacial score (nSPS) is 11.8. The van der Waals surface area contributed by atoms with Crippen LogP contribution in [-0.2, 0) is 10.0 Å². The molecule has 0 N–H and O–H groups in total. The zero-order valence-corrected chi connectivity index (χ0v) is 17.6. The first-order valence-corrected chi connectivity index (χ1v) is 11.3. The van der Waals surface area contributed by atoms with Gasteiger partial charge in [0.05, 0.1) is 17.1 Å². The van der Waals surface area contributed by atoms with Gasteiger partial charge in [-0.15, -0.1) is 0 Å². The van der Waals surface area contributed by atoms with E-state index in [0.29, 0.717) is 5.69 Å². The van der Waals surface area contributed by atoms with Gasteiger partial charge in [-0.2, -0.15) is 0 Å². The van der Waals surface area contributed by atoms with Gasteiger partial charge in [0.25, 0.3) is 10.0 Å². The Morgan fingerprint density at radius 3 is 2.17 bits per heavy atom. The summed E-state index contributed by atoms with van der Waals surface area (Å²) in [5, 5.41) is 1.92. The van der Waals surface area contributed by atoms with Gasteiger partial charge in [-0.25, -0.2) is 8.42 Å². The van der Waals surface area contributed by atoms with E-state index in [2.05, 4.69) is 0 Å². The van der Waals surface area contributed by atoms with Crippen LogP contribution in [0.4, 0.5) is 5.69 Å². The van der Waals surface area contributed by atoms with Crippen molar-refractivity contribution >= 4 is 32.6 Å². The lowest BCUT2D eigenvalue weighted by Gasteiger charge is -2.23. The zero-order chi connectivity index (χ0) is 21.0. The third-order valence-electron chi connectivity index (χ3n) is 5.01. The summed E-state index contributed by atoms with van der Waals surface area (Å²) in [4.78, 5) is 0.287. The van der Waals surface area contributed by atoms with Crippen LogP contribution >= 0.6 is 0 Å². The first-order chi connectivity index (χ1) is 14.5. The van der Waals surface area contributed by atoms with Crippen LogP contribution in [0.5, 0.6) is 0 Å². The molecule has 3 nitrogen and oxygen atoms in total. The van der Waals surface area contributed by atoms with E-state index in [9.17, 15) is 8.42 Å². The van der Waals surface area contributed by atoms with E-state index in [-0.39, 0.29) is 11.4 Å². The van der Waals surface area contributed by atoms with Crippen LogP contribution in [0.3, 0.4) is 0 Å². The Labute approximate surface area is 178 Å². The molecule has 0 atom stereocenters. The molecular weight excluding hydrogens is 390 g/mol. The summed E-state index contributed by atoms with van der Waals surface area (Å²) in [7, 11) is -3.73. The fourth-order valence-corrected chi connectivity index (χ4v) is 4.81.